The molecule has 0 aromatic heterocycles. The standard InChI is InChI=1S/C34H36ClN3O4S/c1-4-36-34(40)32(21-27-9-6-5-7-10-27)37(23-28-17-13-25(2)14-18-28)33(39)24-38(30-12-8-11-29(35)22-30)43(41,42)31-19-15-26(3)16-20-31/h5-20,22,32H,4,21,23-24H2,1-3H3,(H,36,40)/t32-/m0/s1. The molecule has 0 heterocycles. The van der Waals surface area contributed by atoms with E-state index in [2.05, 4.69) is 5.32 Å². The Kier molecular flexibility index (Phi) is 10.6. The van der Waals surface area contributed by atoms with Gasteiger partial charge < -0.3 is 10.2 Å². The van der Waals surface area contributed by atoms with Crippen molar-refractivity contribution in [3.63, 3.8) is 0 Å². The topological polar surface area (TPSA) is 86.8 Å². The normalized spacial score (nSPS) is 11.9. The highest BCUT2D eigenvalue weighted by Crippen LogP contribution is 2.27. The zero-order valence-electron chi connectivity index (χ0n) is 24.5. The van der Waals surface area contributed by atoms with Crippen molar-refractivity contribution in [3.05, 3.63) is 130 Å². The Bertz CT molecular complexity index is 1640. The maximum absolute atomic E-state index is 14.4. The van der Waals surface area contributed by atoms with E-state index in [0.29, 0.717) is 11.6 Å². The van der Waals surface area contributed by atoms with Crippen molar-refractivity contribution < 1.29 is 18.0 Å². The fourth-order valence-corrected chi connectivity index (χ4v) is 6.32. The van der Waals surface area contributed by atoms with Gasteiger partial charge in [-0.2, -0.15) is 0 Å². The van der Waals surface area contributed by atoms with Gasteiger partial charge in [0.15, 0.2) is 0 Å². The van der Waals surface area contributed by atoms with E-state index in [9.17, 15) is 18.0 Å². The van der Waals surface area contributed by atoms with Crippen LogP contribution in [0.15, 0.2) is 108 Å². The van der Waals surface area contributed by atoms with Crippen LogP contribution in [-0.4, -0.2) is 44.3 Å². The Morgan fingerprint density at radius 3 is 2.05 bits per heavy atom. The molecule has 0 unspecified atom stereocenters. The third-order valence-electron chi connectivity index (χ3n) is 7.08. The van der Waals surface area contributed by atoms with Gasteiger partial charge in [0, 0.05) is 24.5 Å². The highest BCUT2D eigenvalue weighted by Gasteiger charge is 2.34. The highest BCUT2D eigenvalue weighted by atomic mass is 35.5. The summed E-state index contributed by atoms with van der Waals surface area (Å²) in [7, 11) is -4.18. The number of sulfonamides is 1. The fourth-order valence-electron chi connectivity index (χ4n) is 4.73. The van der Waals surface area contributed by atoms with Crippen LogP contribution in [0.25, 0.3) is 0 Å². The number of rotatable bonds is 12. The molecule has 4 aromatic rings. The molecule has 0 radical (unpaired) electrons. The van der Waals surface area contributed by atoms with Gasteiger partial charge in [0.25, 0.3) is 10.0 Å². The Morgan fingerprint density at radius 1 is 0.814 bits per heavy atom. The minimum absolute atomic E-state index is 0.0421. The van der Waals surface area contributed by atoms with Gasteiger partial charge in [0.1, 0.15) is 12.6 Å². The summed E-state index contributed by atoms with van der Waals surface area (Å²) in [5, 5.41) is 3.20. The third kappa shape index (κ3) is 8.24. The van der Waals surface area contributed by atoms with E-state index < -0.39 is 28.5 Å². The van der Waals surface area contributed by atoms with Crippen LogP contribution in [0, 0.1) is 13.8 Å². The van der Waals surface area contributed by atoms with E-state index in [-0.39, 0.29) is 29.5 Å². The van der Waals surface area contributed by atoms with Gasteiger partial charge in [0.2, 0.25) is 11.8 Å². The van der Waals surface area contributed by atoms with Crippen LogP contribution in [0.2, 0.25) is 5.02 Å². The molecule has 0 aliphatic carbocycles. The second-order valence-corrected chi connectivity index (χ2v) is 12.7. The second-order valence-electron chi connectivity index (χ2n) is 10.4. The molecule has 4 aromatic carbocycles. The van der Waals surface area contributed by atoms with Crippen LogP contribution >= 0.6 is 11.6 Å². The molecule has 224 valence electrons. The van der Waals surface area contributed by atoms with Crippen molar-refractivity contribution >= 4 is 39.1 Å². The lowest BCUT2D eigenvalue weighted by Gasteiger charge is -2.34. The molecule has 43 heavy (non-hydrogen) atoms. The average molecular weight is 618 g/mol. The predicted molar refractivity (Wildman–Crippen MR) is 172 cm³/mol. The van der Waals surface area contributed by atoms with E-state index in [1.54, 1.807) is 30.3 Å². The first kappa shape index (κ1) is 31.8. The van der Waals surface area contributed by atoms with Gasteiger partial charge >= 0.3 is 0 Å². The van der Waals surface area contributed by atoms with Gasteiger partial charge in [-0.1, -0.05) is 95.5 Å². The first-order valence-electron chi connectivity index (χ1n) is 14.1. The number of nitrogens with one attached hydrogen (secondary N) is 1. The van der Waals surface area contributed by atoms with E-state index in [0.717, 1.165) is 26.6 Å². The number of nitrogens with zero attached hydrogens (tertiary/aromatic N) is 2. The van der Waals surface area contributed by atoms with Crippen molar-refractivity contribution in [2.24, 2.45) is 0 Å². The van der Waals surface area contributed by atoms with Crippen LogP contribution in [-0.2, 0) is 32.6 Å². The molecule has 9 heteroatoms. The molecule has 2 amide bonds. The molecule has 0 aliphatic rings. The van der Waals surface area contributed by atoms with Crippen molar-refractivity contribution in [2.75, 3.05) is 17.4 Å². The number of halogens is 1. The molecular weight excluding hydrogens is 582 g/mol. The summed E-state index contributed by atoms with van der Waals surface area (Å²) in [4.78, 5) is 29.4. The van der Waals surface area contributed by atoms with Crippen LogP contribution in [0.3, 0.4) is 0 Å². The lowest BCUT2D eigenvalue weighted by Crippen LogP contribution is -2.53. The number of anilines is 1. The summed E-state index contributed by atoms with van der Waals surface area (Å²) in [6, 6.07) is 29.1. The molecule has 0 bridgehead atoms. The fraction of sp³-hybridized carbons (Fsp3) is 0.235. The quantitative estimate of drug-likeness (QED) is 0.214. The Hall–Kier alpha value is -4.14. The molecule has 0 aliphatic heterocycles. The number of amides is 2. The molecular formula is C34H36ClN3O4S. The van der Waals surface area contributed by atoms with E-state index in [4.69, 9.17) is 11.6 Å². The third-order valence-corrected chi connectivity index (χ3v) is 9.10. The maximum Gasteiger partial charge on any atom is 0.264 e. The average Bonchev–Trinajstić information content (AvgIpc) is 2.99. The smallest absolute Gasteiger partial charge is 0.264 e. The first-order chi connectivity index (χ1) is 20.6. The summed E-state index contributed by atoms with van der Waals surface area (Å²) in [5.41, 5.74) is 3.90. The van der Waals surface area contributed by atoms with Crippen LogP contribution in [0.4, 0.5) is 5.69 Å². The Labute approximate surface area is 259 Å². The molecule has 0 spiro atoms. The Balaban J connectivity index is 1.79. The zero-order valence-corrected chi connectivity index (χ0v) is 26.1. The van der Waals surface area contributed by atoms with E-state index >= 15 is 0 Å². The molecule has 1 atom stereocenters. The summed E-state index contributed by atoms with van der Waals surface area (Å²) in [5.74, 6) is -0.842. The van der Waals surface area contributed by atoms with E-state index in [1.807, 2.05) is 75.4 Å². The van der Waals surface area contributed by atoms with Crippen molar-refractivity contribution in [2.45, 2.75) is 44.7 Å². The molecule has 0 fully saturated rings. The number of benzene rings is 4. The summed E-state index contributed by atoms with van der Waals surface area (Å²) < 4.78 is 29.1. The first-order valence-corrected chi connectivity index (χ1v) is 15.9. The van der Waals surface area contributed by atoms with Crippen LogP contribution in [0.5, 0.6) is 0 Å². The lowest BCUT2D eigenvalue weighted by molar-refractivity contribution is -0.140. The Morgan fingerprint density at radius 2 is 1.44 bits per heavy atom. The molecule has 4 rings (SSSR count). The summed E-state index contributed by atoms with van der Waals surface area (Å²) >= 11 is 6.27. The number of likely N-dealkylation sites (N-methyl/N-ethyl adjacent to an activating group) is 1. The van der Waals surface area contributed by atoms with Crippen LogP contribution in [0.1, 0.15) is 29.2 Å². The molecule has 7 nitrogen and oxygen atoms in total. The number of carbonyl (C=O) groups excluding carboxylic acids is 2. The second kappa shape index (κ2) is 14.4. The number of hydrogen-bond acceptors (Lipinski definition) is 4. The largest absolute Gasteiger partial charge is 0.355 e. The van der Waals surface area contributed by atoms with Crippen LogP contribution < -0.4 is 9.62 Å². The number of aryl methyl sites for hydroxylation is 2. The maximum atomic E-state index is 14.4. The van der Waals surface area contributed by atoms with Crippen molar-refractivity contribution in [1.29, 1.82) is 0 Å². The predicted octanol–water partition coefficient (Wildman–Crippen LogP) is 5.93. The monoisotopic (exact) mass is 617 g/mol. The lowest BCUT2D eigenvalue weighted by atomic mass is 10.0. The molecule has 0 saturated heterocycles. The minimum Gasteiger partial charge on any atom is -0.355 e. The van der Waals surface area contributed by atoms with E-state index in [1.165, 1.54) is 23.1 Å². The summed E-state index contributed by atoms with van der Waals surface area (Å²) in [6.45, 7) is 5.62. The minimum atomic E-state index is -4.18. The SMILES string of the molecule is CCNC(=O)[C@H](Cc1ccccc1)N(Cc1ccc(C)cc1)C(=O)CN(c1cccc(Cl)c1)S(=O)(=O)c1ccc(C)cc1. The van der Waals surface area contributed by atoms with Crippen molar-refractivity contribution in [1.82, 2.24) is 10.2 Å². The summed E-state index contributed by atoms with van der Waals surface area (Å²) in [6.07, 6.45) is 0.256. The van der Waals surface area contributed by atoms with Gasteiger partial charge in [-0.3, -0.25) is 13.9 Å². The van der Waals surface area contributed by atoms with Gasteiger partial charge in [-0.05, 0) is 62.2 Å². The highest BCUT2D eigenvalue weighted by molar-refractivity contribution is 7.92. The van der Waals surface area contributed by atoms with Gasteiger partial charge in [-0.25, -0.2) is 8.42 Å². The number of hydrogen-bond donors (Lipinski definition) is 1. The molecule has 1 N–H and O–H groups in total. The number of carbonyl (C=O) groups is 2. The molecule has 0 saturated carbocycles. The van der Waals surface area contributed by atoms with Crippen molar-refractivity contribution in [3.8, 4) is 0 Å². The zero-order chi connectivity index (χ0) is 31.0. The van der Waals surface area contributed by atoms with Gasteiger partial charge in [0.05, 0.1) is 10.6 Å². The van der Waals surface area contributed by atoms with Gasteiger partial charge in [-0.15, -0.1) is 0 Å².